The molecule has 0 spiro atoms. The Morgan fingerprint density at radius 3 is 2.56 bits per heavy atom. The van der Waals surface area contributed by atoms with E-state index in [1.165, 1.54) is 6.92 Å². The van der Waals surface area contributed by atoms with Gasteiger partial charge in [-0.15, -0.1) is 0 Å². The van der Waals surface area contributed by atoms with Gasteiger partial charge in [-0.25, -0.2) is 0 Å². The number of carbonyl (C=O) groups excluding carboxylic acids is 2. The smallest absolute Gasteiger partial charge is 0.223 e. The van der Waals surface area contributed by atoms with Gasteiger partial charge < -0.3 is 24.4 Å². The summed E-state index contributed by atoms with van der Waals surface area (Å²) >= 11 is 0. The van der Waals surface area contributed by atoms with Crippen LogP contribution in [0.3, 0.4) is 0 Å². The second kappa shape index (κ2) is 8.20. The molecule has 2 heterocycles. The van der Waals surface area contributed by atoms with Crippen molar-refractivity contribution in [1.29, 1.82) is 0 Å². The van der Waals surface area contributed by atoms with Gasteiger partial charge in [-0.2, -0.15) is 0 Å². The monoisotopic (exact) mass is 348 g/mol. The first-order valence-electron chi connectivity index (χ1n) is 8.68. The number of amides is 2. The lowest BCUT2D eigenvalue weighted by molar-refractivity contribution is -0.127. The maximum atomic E-state index is 12.2. The number of rotatable bonds is 5. The molecule has 1 aromatic carbocycles. The van der Waals surface area contributed by atoms with E-state index in [0.29, 0.717) is 51.0 Å². The third-order valence-corrected chi connectivity index (χ3v) is 4.44. The zero-order valence-electron chi connectivity index (χ0n) is 14.5. The lowest BCUT2D eigenvalue weighted by Gasteiger charge is -2.25. The molecule has 7 nitrogen and oxygen atoms in total. The zero-order valence-corrected chi connectivity index (χ0v) is 14.5. The van der Waals surface area contributed by atoms with Gasteiger partial charge in [-0.05, 0) is 25.0 Å². The SMILES string of the molecule is CC(=O)N(CCNC(=O)C1CCOCC1)c1ccc2c(c1)OCCO2. The first kappa shape index (κ1) is 17.5. The number of anilines is 1. The van der Waals surface area contributed by atoms with Crippen LogP contribution in [0.5, 0.6) is 11.5 Å². The number of hydrogen-bond acceptors (Lipinski definition) is 5. The van der Waals surface area contributed by atoms with Gasteiger partial charge in [-0.1, -0.05) is 0 Å². The van der Waals surface area contributed by atoms with Crippen molar-refractivity contribution in [1.82, 2.24) is 5.32 Å². The van der Waals surface area contributed by atoms with Gasteiger partial charge in [0.25, 0.3) is 0 Å². The summed E-state index contributed by atoms with van der Waals surface area (Å²) < 4.78 is 16.3. The number of fused-ring (bicyclic) bond motifs is 1. The van der Waals surface area contributed by atoms with Crippen molar-refractivity contribution in [2.75, 3.05) is 44.4 Å². The van der Waals surface area contributed by atoms with E-state index in [1.54, 1.807) is 17.0 Å². The van der Waals surface area contributed by atoms with Crippen molar-refractivity contribution >= 4 is 17.5 Å². The van der Waals surface area contributed by atoms with Gasteiger partial charge in [0.1, 0.15) is 13.2 Å². The van der Waals surface area contributed by atoms with E-state index in [1.807, 2.05) is 6.07 Å². The minimum atomic E-state index is -0.0861. The molecule has 1 fully saturated rings. The minimum absolute atomic E-state index is 0.00817. The lowest BCUT2D eigenvalue weighted by atomic mass is 9.99. The van der Waals surface area contributed by atoms with E-state index in [4.69, 9.17) is 14.2 Å². The summed E-state index contributed by atoms with van der Waals surface area (Å²) in [6.45, 7) is 4.62. The molecule has 0 radical (unpaired) electrons. The van der Waals surface area contributed by atoms with Crippen LogP contribution in [0.25, 0.3) is 0 Å². The van der Waals surface area contributed by atoms with Crippen LogP contribution in [0.4, 0.5) is 5.69 Å². The predicted molar refractivity (Wildman–Crippen MR) is 92.0 cm³/mol. The summed E-state index contributed by atoms with van der Waals surface area (Å²) in [6.07, 6.45) is 1.51. The summed E-state index contributed by atoms with van der Waals surface area (Å²) in [7, 11) is 0. The molecule has 0 aromatic heterocycles. The van der Waals surface area contributed by atoms with Crippen LogP contribution < -0.4 is 19.7 Å². The van der Waals surface area contributed by atoms with Crippen LogP contribution in [0.15, 0.2) is 18.2 Å². The molecule has 0 atom stereocenters. The van der Waals surface area contributed by atoms with E-state index in [2.05, 4.69) is 5.32 Å². The summed E-state index contributed by atoms with van der Waals surface area (Å²) in [5.41, 5.74) is 0.733. The average molecular weight is 348 g/mol. The number of benzene rings is 1. The Balaban J connectivity index is 1.58. The Labute approximate surface area is 147 Å². The Kier molecular flexibility index (Phi) is 5.75. The van der Waals surface area contributed by atoms with Gasteiger partial charge >= 0.3 is 0 Å². The van der Waals surface area contributed by atoms with Crippen LogP contribution in [-0.4, -0.2) is 51.3 Å². The van der Waals surface area contributed by atoms with Crippen LogP contribution in [0.2, 0.25) is 0 Å². The van der Waals surface area contributed by atoms with Crippen molar-refractivity contribution < 1.29 is 23.8 Å². The zero-order chi connectivity index (χ0) is 17.6. The van der Waals surface area contributed by atoms with E-state index < -0.39 is 0 Å². The Hall–Kier alpha value is -2.28. The molecule has 1 saturated heterocycles. The molecule has 2 aliphatic rings. The molecule has 0 aliphatic carbocycles. The normalized spacial score (nSPS) is 17.0. The lowest BCUT2D eigenvalue weighted by Crippen LogP contribution is -2.40. The first-order valence-corrected chi connectivity index (χ1v) is 8.68. The molecule has 25 heavy (non-hydrogen) atoms. The molecule has 136 valence electrons. The van der Waals surface area contributed by atoms with Crippen molar-refractivity contribution in [2.24, 2.45) is 5.92 Å². The third kappa shape index (κ3) is 4.42. The standard InChI is InChI=1S/C18H24N2O5/c1-13(21)20(7-6-19-18(22)14-4-8-23-9-5-14)15-2-3-16-17(12-15)25-11-10-24-16/h2-3,12,14H,4-11H2,1H3,(H,19,22). The van der Waals surface area contributed by atoms with E-state index in [0.717, 1.165) is 18.5 Å². The molecule has 0 unspecified atom stereocenters. The molecule has 3 rings (SSSR count). The third-order valence-electron chi connectivity index (χ3n) is 4.44. The van der Waals surface area contributed by atoms with E-state index in [9.17, 15) is 9.59 Å². The second-order valence-electron chi connectivity index (χ2n) is 6.18. The van der Waals surface area contributed by atoms with Gasteiger partial charge in [0.05, 0.1) is 0 Å². The van der Waals surface area contributed by atoms with Crippen LogP contribution in [-0.2, 0) is 14.3 Å². The van der Waals surface area contributed by atoms with Gasteiger partial charge in [0.15, 0.2) is 11.5 Å². The van der Waals surface area contributed by atoms with Gasteiger partial charge in [-0.3, -0.25) is 9.59 Å². The van der Waals surface area contributed by atoms with Crippen LogP contribution in [0.1, 0.15) is 19.8 Å². The number of nitrogens with one attached hydrogen (secondary N) is 1. The van der Waals surface area contributed by atoms with Crippen molar-refractivity contribution in [2.45, 2.75) is 19.8 Å². The van der Waals surface area contributed by atoms with Gasteiger partial charge in [0, 0.05) is 50.9 Å². The molecule has 0 bridgehead atoms. The van der Waals surface area contributed by atoms with E-state index >= 15 is 0 Å². The largest absolute Gasteiger partial charge is 0.486 e. The topological polar surface area (TPSA) is 77.1 Å². The number of ether oxygens (including phenoxy) is 3. The van der Waals surface area contributed by atoms with Crippen molar-refractivity contribution in [3.63, 3.8) is 0 Å². The fourth-order valence-corrected chi connectivity index (χ4v) is 3.06. The highest BCUT2D eigenvalue weighted by atomic mass is 16.6. The number of hydrogen-bond donors (Lipinski definition) is 1. The minimum Gasteiger partial charge on any atom is -0.486 e. The van der Waals surface area contributed by atoms with Crippen molar-refractivity contribution in [3.05, 3.63) is 18.2 Å². The molecule has 2 amide bonds. The van der Waals surface area contributed by atoms with Crippen molar-refractivity contribution in [3.8, 4) is 11.5 Å². The molecule has 7 heteroatoms. The molecule has 2 aliphatic heterocycles. The average Bonchev–Trinajstić information content (AvgIpc) is 2.65. The molecule has 0 saturated carbocycles. The van der Waals surface area contributed by atoms with E-state index in [-0.39, 0.29) is 17.7 Å². The van der Waals surface area contributed by atoms with Gasteiger partial charge in [0.2, 0.25) is 11.8 Å². The Morgan fingerprint density at radius 1 is 1.12 bits per heavy atom. The highest BCUT2D eigenvalue weighted by Crippen LogP contribution is 2.34. The number of carbonyl (C=O) groups is 2. The fraction of sp³-hybridized carbons (Fsp3) is 0.556. The summed E-state index contributed by atoms with van der Waals surface area (Å²) in [4.78, 5) is 25.8. The Bertz CT molecular complexity index is 628. The maximum Gasteiger partial charge on any atom is 0.223 e. The highest BCUT2D eigenvalue weighted by Gasteiger charge is 2.22. The summed E-state index contributed by atoms with van der Waals surface area (Å²) in [5, 5.41) is 2.93. The fourth-order valence-electron chi connectivity index (χ4n) is 3.06. The molecule has 1 aromatic rings. The van der Waals surface area contributed by atoms with Crippen LogP contribution >= 0.6 is 0 Å². The quantitative estimate of drug-likeness (QED) is 0.869. The number of nitrogens with zero attached hydrogens (tertiary/aromatic N) is 1. The first-order chi connectivity index (χ1) is 12.1. The summed E-state index contributed by atoms with van der Waals surface area (Å²) in [6, 6.07) is 5.44. The predicted octanol–water partition coefficient (Wildman–Crippen LogP) is 1.35. The van der Waals surface area contributed by atoms with Crippen LogP contribution in [0, 0.1) is 5.92 Å². The second-order valence-corrected chi connectivity index (χ2v) is 6.18. The Morgan fingerprint density at radius 2 is 1.84 bits per heavy atom. The molecule has 1 N–H and O–H groups in total. The molecular weight excluding hydrogens is 324 g/mol. The summed E-state index contributed by atoms with van der Waals surface area (Å²) in [5.74, 6) is 1.28. The maximum absolute atomic E-state index is 12.2. The molecular formula is C18H24N2O5. The highest BCUT2D eigenvalue weighted by molar-refractivity contribution is 5.92.